The second-order valence-corrected chi connectivity index (χ2v) is 6.20. The summed E-state index contributed by atoms with van der Waals surface area (Å²) < 4.78 is 5.68. The second kappa shape index (κ2) is 7.37. The third kappa shape index (κ3) is 4.28. The Kier molecular flexibility index (Phi) is 5.51. The minimum absolute atomic E-state index is 0.00302. The molecule has 1 aromatic heterocycles. The van der Waals surface area contributed by atoms with Gasteiger partial charge in [-0.2, -0.15) is 5.10 Å². The molecule has 2 N–H and O–H groups in total. The van der Waals surface area contributed by atoms with E-state index in [1.54, 1.807) is 6.07 Å². The van der Waals surface area contributed by atoms with Crippen LogP contribution < -0.4 is 10.2 Å². The zero-order valence-electron chi connectivity index (χ0n) is 12.0. The second-order valence-electron chi connectivity index (χ2n) is 4.40. The Labute approximate surface area is 140 Å². The Balaban J connectivity index is 1.97. The van der Waals surface area contributed by atoms with E-state index in [1.165, 1.54) is 30.7 Å². The van der Waals surface area contributed by atoms with Crippen molar-refractivity contribution in [3.05, 3.63) is 38.3 Å². The van der Waals surface area contributed by atoms with Crippen molar-refractivity contribution in [2.24, 2.45) is 5.10 Å². The number of halogens is 1. The minimum atomic E-state index is -0.251. The quantitative estimate of drug-likeness (QED) is 0.613. The van der Waals surface area contributed by atoms with Crippen LogP contribution in [0.25, 0.3) is 0 Å². The highest BCUT2D eigenvalue weighted by molar-refractivity contribution is 9.10. The van der Waals surface area contributed by atoms with E-state index in [1.807, 2.05) is 12.3 Å². The van der Waals surface area contributed by atoms with Gasteiger partial charge < -0.3 is 9.84 Å². The molecule has 2 aromatic rings. The topological polar surface area (TPSA) is 83.8 Å². The van der Waals surface area contributed by atoms with E-state index < -0.39 is 0 Å². The molecule has 0 aliphatic heterocycles. The molecule has 116 valence electrons. The van der Waals surface area contributed by atoms with Gasteiger partial charge in [-0.15, -0.1) is 11.3 Å². The highest BCUT2D eigenvalue weighted by Gasteiger charge is 2.08. The van der Waals surface area contributed by atoms with Crippen LogP contribution in [0.5, 0.6) is 11.5 Å². The Bertz CT molecular complexity index is 715. The summed E-state index contributed by atoms with van der Waals surface area (Å²) in [7, 11) is 1.47. The van der Waals surface area contributed by atoms with Crippen LogP contribution in [0.3, 0.4) is 0 Å². The fourth-order valence-electron chi connectivity index (χ4n) is 1.66. The van der Waals surface area contributed by atoms with Crippen LogP contribution in [-0.4, -0.2) is 29.3 Å². The Morgan fingerprint density at radius 1 is 1.59 bits per heavy atom. The number of hydrazone groups is 1. The number of nitrogens with one attached hydrogen (secondary N) is 1. The van der Waals surface area contributed by atoms with E-state index >= 15 is 0 Å². The highest BCUT2D eigenvalue weighted by atomic mass is 79.9. The van der Waals surface area contributed by atoms with Crippen molar-refractivity contribution in [1.29, 1.82) is 0 Å². The van der Waals surface area contributed by atoms with Crippen LogP contribution in [0.1, 0.15) is 16.3 Å². The van der Waals surface area contributed by atoms with Crippen molar-refractivity contribution in [2.45, 2.75) is 13.3 Å². The number of aryl methyl sites for hydroxylation is 1. The molecule has 1 heterocycles. The number of phenolic OH excluding ortho intramolecular Hbond substituents is 1. The van der Waals surface area contributed by atoms with Gasteiger partial charge in [-0.25, -0.2) is 10.4 Å². The summed E-state index contributed by atoms with van der Waals surface area (Å²) in [6.07, 6.45) is 1.62. The molecule has 0 radical (unpaired) electrons. The van der Waals surface area contributed by atoms with E-state index in [2.05, 4.69) is 31.4 Å². The number of nitrogens with zero attached hydrogens (tertiary/aromatic N) is 2. The van der Waals surface area contributed by atoms with Gasteiger partial charge in [0.1, 0.15) is 5.01 Å². The molecule has 0 atom stereocenters. The average molecular weight is 384 g/mol. The average Bonchev–Trinajstić information content (AvgIpc) is 2.87. The summed E-state index contributed by atoms with van der Waals surface area (Å²) >= 11 is 4.78. The standard InChI is InChI=1S/C14H14BrN3O3S/c1-8-7-22-14(17-8)5-13(20)18-16-6-9-3-11(19)12(21-2)4-10(9)15/h3-4,6-7,19H,5H2,1-2H3,(H,18,20)/b16-6-. The summed E-state index contributed by atoms with van der Waals surface area (Å²) in [6, 6.07) is 3.11. The van der Waals surface area contributed by atoms with E-state index in [0.717, 1.165) is 10.7 Å². The fraction of sp³-hybridized carbons (Fsp3) is 0.214. The molecule has 1 aromatic carbocycles. The number of thiazole rings is 1. The molecule has 1 amide bonds. The predicted molar refractivity (Wildman–Crippen MR) is 88.7 cm³/mol. The van der Waals surface area contributed by atoms with Gasteiger partial charge in [0.15, 0.2) is 11.5 Å². The first-order valence-electron chi connectivity index (χ1n) is 6.29. The lowest BCUT2D eigenvalue weighted by molar-refractivity contribution is -0.120. The van der Waals surface area contributed by atoms with Gasteiger partial charge in [0.05, 0.1) is 19.7 Å². The van der Waals surface area contributed by atoms with Gasteiger partial charge in [0.25, 0.3) is 0 Å². The van der Waals surface area contributed by atoms with Crippen molar-refractivity contribution in [3.63, 3.8) is 0 Å². The van der Waals surface area contributed by atoms with Crippen LogP contribution in [0.2, 0.25) is 0 Å². The molecule has 0 saturated carbocycles. The molecular formula is C14H14BrN3O3S. The summed E-state index contributed by atoms with van der Waals surface area (Å²) in [5.74, 6) is 0.100. The first-order chi connectivity index (χ1) is 10.5. The zero-order valence-corrected chi connectivity index (χ0v) is 14.4. The molecule has 0 spiro atoms. The molecule has 0 saturated heterocycles. The predicted octanol–water partition coefficient (Wildman–Crippen LogP) is 2.62. The number of carbonyl (C=O) groups is 1. The highest BCUT2D eigenvalue weighted by Crippen LogP contribution is 2.31. The van der Waals surface area contributed by atoms with Gasteiger partial charge >= 0.3 is 0 Å². The van der Waals surface area contributed by atoms with Crippen LogP contribution in [0.4, 0.5) is 0 Å². The molecule has 0 unspecified atom stereocenters. The lowest BCUT2D eigenvalue weighted by Crippen LogP contribution is -2.19. The maximum atomic E-state index is 11.7. The number of methoxy groups -OCH3 is 1. The maximum Gasteiger partial charge on any atom is 0.246 e. The largest absolute Gasteiger partial charge is 0.504 e. The van der Waals surface area contributed by atoms with Gasteiger partial charge in [-0.3, -0.25) is 4.79 Å². The van der Waals surface area contributed by atoms with Crippen LogP contribution in [0, 0.1) is 6.92 Å². The first kappa shape index (κ1) is 16.4. The summed E-state index contributed by atoms with van der Waals surface area (Å²) in [6.45, 7) is 1.88. The Hall–Kier alpha value is -1.93. The van der Waals surface area contributed by atoms with Crippen molar-refractivity contribution in [2.75, 3.05) is 7.11 Å². The first-order valence-corrected chi connectivity index (χ1v) is 7.96. The van der Waals surface area contributed by atoms with Gasteiger partial charge in [-0.05, 0) is 35.0 Å². The van der Waals surface area contributed by atoms with Gasteiger partial charge in [-0.1, -0.05) is 0 Å². The fourth-order valence-corrected chi connectivity index (χ4v) is 2.85. The molecule has 0 aliphatic carbocycles. The number of aromatic nitrogens is 1. The molecule has 0 bridgehead atoms. The number of hydrogen-bond acceptors (Lipinski definition) is 6. The Morgan fingerprint density at radius 3 is 3.00 bits per heavy atom. The van der Waals surface area contributed by atoms with Crippen molar-refractivity contribution < 1.29 is 14.6 Å². The van der Waals surface area contributed by atoms with Crippen LogP contribution in [-0.2, 0) is 11.2 Å². The van der Waals surface area contributed by atoms with Crippen molar-refractivity contribution >= 4 is 39.4 Å². The number of aromatic hydroxyl groups is 1. The minimum Gasteiger partial charge on any atom is -0.504 e. The number of rotatable bonds is 5. The van der Waals surface area contributed by atoms with Gasteiger partial charge in [0.2, 0.25) is 5.91 Å². The lowest BCUT2D eigenvalue weighted by atomic mass is 10.2. The van der Waals surface area contributed by atoms with Crippen molar-refractivity contribution in [1.82, 2.24) is 10.4 Å². The van der Waals surface area contributed by atoms with Crippen molar-refractivity contribution in [3.8, 4) is 11.5 Å². The number of hydrogen-bond donors (Lipinski definition) is 2. The Morgan fingerprint density at radius 2 is 2.36 bits per heavy atom. The van der Waals surface area contributed by atoms with Gasteiger partial charge in [0, 0.05) is 21.1 Å². The summed E-state index contributed by atoms with van der Waals surface area (Å²) in [5, 5.41) is 16.2. The number of carbonyl (C=O) groups excluding carboxylic acids is 1. The number of amides is 1. The monoisotopic (exact) mass is 383 g/mol. The molecule has 22 heavy (non-hydrogen) atoms. The molecule has 2 rings (SSSR count). The normalized spacial score (nSPS) is 10.9. The van der Waals surface area contributed by atoms with E-state index in [9.17, 15) is 9.90 Å². The lowest BCUT2D eigenvalue weighted by Gasteiger charge is -2.06. The number of ether oxygens (including phenoxy) is 1. The third-order valence-corrected chi connectivity index (χ3v) is 4.32. The number of phenols is 1. The summed E-state index contributed by atoms with van der Waals surface area (Å²) in [4.78, 5) is 15.9. The zero-order chi connectivity index (χ0) is 16.1. The van der Waals surface area contributed by atoms with E-state index in [-0.39, 0.29) is 18.1 Å². The molecule has 8 heteroatoms. The van der Waals surface area contributed by atoms with Crippen LogP contribution >= 0.6 is 27.3 Å². The molecule has 0 aliphatic rings. The van der Waals surface area contributed by atoms with Crippen LogP contribution in [0.15, 0.2) is 27.1 Å². The SMILES string of the molecule is COc1cc(Br)c(/C=N\NC(=O)Cc2nc(C)cs2)cc1O. The third-order valence-electron chi connectivity index (χ3n) is 2.67. The number of benzene rings is 1. The molecular weight excluding hydrogens is 370 g/mol. The smallest absolute Gasteiger partial charge is 0.246 e. The maximum absolute atomic E-state index is 11.7. The molecule has 6 nitrogen and oxygen atoms in total. The molecule has 0 fully saturated rings. The summed E-state index contributed by atoms with van der Waals surface area (Å²) in [5.41, 5.74) is 3.94. The van der Waals surface area contributed by atoms with E-state index in [4.69, 9.17) is 4.74 Å². The van der Waals surface area contributed by atoms with E-state index in [0.29, 0.717) is 15.8 Å².